The molecule has 0 radical (unpaired) electrons. The van der Waals surface area contributed by atoms with Crippen LogP contribution in [-0.4, -0.2) is 26.2 Å². The highest BCUT2D eigenvalue weighted by Gasteiger charge is 2.18. The van der Waals surface area contributed by atoms with Gasteiger partial charge in [0.2, 0.25) is 5.78 Å². The molecule has 0 N–H and O–H groups in total. The lowest BCUT2D eigenvalue weighted by atomic mass is 10.1. The van der Waals surface area contributed by atoms with Crippen LogP contribution < -0.4 is 0 Å². The zero-order chi connectivity index (χ0) is 13.2. The number of furan rings is 1. The Hall–Kier alpha value is -2.76. The van der Waals surface area contributed by atoms with Crippen LogP contribution in [0.2, 0.25) is 0 Å². The van der Waals surface area contributed by atoms with E-state index in [2.05, 4.69) is 10.1 Å². The summed E-state index contributed by atoms with van der Waals surface area (Å²) in [4.78, 5) is 27.8. The van der Waals surface area contributed by atoms with Gasteiger partial charge < -0.3 is 4.42 Å². The molecule has 3 heterocycles. The van der Waals surface area contributed by atoms with Crippen LogP contribution in [0.3, 0.4) is 0 Å². The van der Waals surface area contributed by atoms with Crippen molar-refractivity contribution in [3.8, 4) is 0 Å². The van der Waals surface area contributed by atoms with E-state index in [1.54, 1.807) is 18.5 Å². The molecule has 6 nitrogen and oxygen atoms in total. The van der Waals surface area contributed by atoms with Crippen molar-refractivity contribution in [2.45, 2.75) is 6.42 Å². The molecule has 0 spiro atoms. The van der Waals surface area contributed by atoms with Crippen LogP contribution in [0.25, 0.3) is 5.52 Å². The Morgan fingerprint density at radius 1 is 1.26 bits per heavy atom. The standard InChI is InChI=1S/C13H9N3O3/c17-11(6-12(18)13-2-1-5-19-13)9-7-15-16-4-3-14-8-10(9)16/h1-5,7-8H,6H2. The lowest BCUT2D eigenvalue weighted by Crippen LogP contribution is -2.07. The van der Waals surface area contributed by atoms with Gasteiger partial charge in [-0.05, 0) is 12.1 Å². The van der Waals surface area contributed by atoms with Crippen molar-refractivity contribution in [3.63, 3.8) is 0 Å². The predicted molar refractivity (Wildman–Crippen MR) is 65.0 cm³/mol. The minimum Gasteiger partial charge on any atom is -0.461 e. The molecular formula is C13H9N3O3. The molecule has 3 aromatic rings. The van der Waals surface area contributed by atoms with Crippen LogP contribution >= 0.6 is 0 Å². The number of carbonyl (C=O) groups excluding carboxylic acids is 2. The molecule has 0 amide bonds. The highest BCUT2D eigenvalue weighted by atomic mass is 16.3. The van der Waals surface area contributed by atoms with E-state index in [9.17, 15) is 9.59 Å². The van der Waals surface area contributed by atoms with E-state index in [0.29, 0.717) is 11.1 Å². The number of aromatic nitrogens is 3. The molecule has 6 heteroatoms. The third-order valence-corrected chi connectivity index (χ3v) is 2.74. The molecule has 94 valence electrons. The smallest absolute Gasteiger partial charge is 0.205 e. The van der Waals surface area contributed by atoms with Crippen molar-refractivity contribution in [1.82, 2.24) is 14.6 Å². The number of fused-ring (bicyclic) bond motifs is 1. The van der Waals surface area contributed by atoms with Crippen LogP contribution in [0.15, 0.2) is 47.6 Å². The first-order chi connectivity index (χ1) is 9.25. The highest BCUT2D eigenvalue weighted by Crippen LogP contribution is 2.13. The first kappa shape index (κ1) is 11.3. The summed E-state index contributed by atoms with van der Waals surface area (Å²) in [7, 11) is 0. The minimum absolute atomic E-state index is 0.183. The van der Waals surface area contributed by atoms with E-state index >= 15 is 0 Å². The van der Waals surface area contributed by atoms with Gasteiger partial charge in [0.1, 0.15) is 0 Å². The Labute approximate surface area is 107 Å². The third-order valence-electron chi connectivity index (χ3n) is 2.74. The van der Waals surface area contributed by atoms with Gasteiger partial charge in [-0.2, -0.15) is 5.10 Å². The quantitative estimate of drug-likeness (QED) is 0.524. The summed E-state index contributed by atoms with van der Waals surface area (Å²) in [6.45, 7) is 0. The van der Waals surface area contributed by atoms with Gasteiger partial charge >= 0.3 is 0 Å². The number of rotatable bonds is 4. The van der Waals surface area contributed by atoms with Crippen LogP contribution in [0.4, 0.5) is 0 Å². The van der Waals surface area contributed by atoms with E-state index in [1.807, 2.05) is 0 Å². The van der Waals surface area contributed by atoms with Crippen LogP contribution in [0.5, 0.6) is 0 Å². The van der Waals surface area contributed by atoms with Crippen molar-refractivity contribution >= 4 is 17.1 Å². The summed E-state index contributed by atoms with van der Waals surface area (Å²) < 4.78 is 6.51. The molecular weight excluding hydrogens is 246 g/mol. The topological polar surface area (TPSA) is 77.5 Å². The Morgan fingerprint density at radius 3 is 2.95 bits per heavy atom. The molecule has 0 atom stereocenters. The first-order valence-electron chi connectivity index (χ1n) is 5.63. The molecule has 0 unspecified atom stereocenters. The van der Waals surface area contributed by atoms with Crippen LogP contribution in [0.1, 0.15) is 27.3 Å². The van der Waals surface area contributed by atoms with Gasteiger partial charge in [-0.3, -0.25) is 14.6 Å². The van der Waals surface area contributed by atoms with Crippen molar-refractivity contribution < 1.29 is 14.0 Å². The fourth-order valence-corrected chi connectivity index (χ4v) is 1.81. The van der Waals surface area contributed by atoms with Crippen LogP contribution in [0, 0.1) is 0 Å². The Bertz CT molecular complexity index is 743. The van der Waals surface area contributed by atoms with Gasteiger partial charge in [0.15, 0.2) is 11.5 Å². The molecule has 0 aromatic carbocycles. The normalized spacial score (nSPS) is 10.7. The van der Waals surface area contributed by atoms with Gasteiger partial charge in [-0.15, -0.1) is 0 Å². The molecule has 0 fully saturated rings. The second-order valence-electron chi connectivity index (χ2n) is 3.96. The predicted octanol–water partition coefficient (Wildman–Crippen LogP) is 1.78. The number of Topliss-reactive ketones (excluding diaryl/α,β-unsaturated/α-hetero) is 2. The maximum atomic E-state index is 12.1. The van der Waals surface area contributed by atoms with Crippen molar-refractivity contribution in [2.24, 2.45) is 0 Å². The van der Waals surface area contributed by atoms with Crippen molar-refractivity contribution in [1.29, 1.82) is 0 Å². The molecule has 0 aliphatic rings. The van der Waals surface area contributed by atoms with Crippen LogP contribution in [-0.2, 0) is 0 Å². The summed E-state index contributed by atoms with van der Waals surface area (Å²) in [5, 5.41) is 4.03. The van der Waals surface area contributed by atoms with Gasteiger partial charge in [-0.25, -0.2) is 4.52 Å². The summed E-state index contributed by atoms with van der Waals surface area (Å²) in [6.07, 6.45) is 7.34. The second kappa shape index (κ2) is 4.49. The average molecular weight is 255 g/mol. The molecule has 0 bridgehead atoms. The van der Waals surface area contributed by atoms with E-state index < -0.39 is 0 Å². The monoisotopic (exact) mass is 255 g/mol. The molecule has 0 aliphatic carbocycles. The summed E-state index contributed by atoms with van der Waals surface area (Å²) >= 11 is 0. The molecule has 19 heavy (non-hydrogen) atoms. The summed E-state index contributed by atoms with van der Waals surface area (Å²) in [5.41, 5.74) is 0.966. The molecule has 0 aliphatic heterocycles. The number of ketones is 2. The number of nitrogens with zero attached hydrogens (tertiary/aromatic N) is 3. The second-order valence-corrected chi connectivity index (χ2v) is 3.96. The van der Waals surface area contributed by atoms with Crippen molar-refractivity contribution in [3.05, 3.63) is 54.5 Å². The fourth-order valence-electron chi connectivity index (χ4n) is 1.81. The minimum atomic E-state index is -0.349. The van der Waals surface area contributed by atoms with E-state index in [0.717, 1.165) is 0 Å². The largest absolute Gasteiger partial charge is 0.461 e. The Balaban J connectivity index is 1.86. The number of hydrogen-bond acceptors (Lipinski definition) is 5. The number of hydrogen-bond donors (Lipinski definition) is 0. The van der Waals surface area contributed by atoms with Gasteiger partial charge in [-0.1, -0.05) is 0 Å². The SMILES string of the molecule is O=C(CC(=O)c1cnn2ccncc12)c1ccco1. The van der Waals surface area contributed by atoms with E-state index in [4.69, 9.17) is 4.42 Å². The number of carbonyl (C=O) groups is 2. The zero-order valence-electron chi connectivity index (χ0n) is 9.81. The third kappa shape index (κ3) is 2.03. The van der Waals surface area contributed by atoms with Gasteiger partial charge in [0, 0.05) is 12.4 Å². The summed E-state index contributed by atoms with van der Waals surface area (Å²) in [5.74, 6) is -0.467. The Kier molecular flexibility index (Phi) is 2.68. The van der Waals surface area contributed by atoms with E-state index in [-0.39, 0.29) is 23.7 Å². The lowest BCUT2D eigenvalue weighted by Gasteiger charge is -1.97. The Morgan fingerprint density at radius 2 is 2.16 bits per heavy atom. The molecule has 0 saturated carbocycles. The van der Waals surface area contributed by atoms with Crippen molar-refractivity contribution in [2.75, 3.05) is 0 Å². The molecule has 3 aromatic heterocycles. The molecule has 0 saturated heterocycles. The molecule has 3 rings (SSSR count). The average Bonchev–Trinajstić information content (AvgIpc) is 3.08. The maximum Gasteiger partial charge on any atom is 0.205 e. The summed E-state index contributed by atoms with van der Waals surface area (Å²) in [6, 6.07) is 3.14. The van der Waals surface area contributed by atoms with Gasteiger partial charge in [0.05, 0.1) is 36.2 Å². The fraction of sp³-hybridized carbons (Fsp3) is 0.0769. The van der Waals surface area contributed by atoms with Gasteiger partial charge in [0.25, 0.3) is 0 Å². The first-order valence-corrected chi connectivity index (χ1v) is 5.63. The van der Waals surface area contributed by atoms with E-state index in [1.165, 1.54) is 29.2 Å². The maximum absolute atomic E-state index is 12.1. The lowest BCUT2D eigenvalue weighted by molar-refractivity contribution is 0.0879. The highest BCUT2D eigenvalue weighted by molar-refractivity contribution is 6.14. The zero-order valence-corrected chi connectivity index (χ0v) is 9.81.